The van der Waals surface area contributed by atoms with Crippen molar-refractivity contribution in [3.63, 3.8) is 0 Å². The Bertz CT molecular complexity index is 1420. The minimum Gasteiger partial charge on any atom is -0.308 e. The van der Waals surface area contributed by atoms with Crippen LogP contribution in [0.2, 0.25) is 0 Å². The van der Waals surface area contributed by atoms with E-state index < -0.39 is 0 Å². The molecule has 168 valence electrons. The summed E-state index contributed by atoms with van der Waals surface area (Å²) >= 11 is 1.50. The molecule has 0 fully saturated rings. The average Bonchev–Trinajstić information content (AvgIpc) is 3.20. The van der Waals surface area contributed by atoms with Gasteiger partial charge in [0.25, 0.3) is 0 Å². The van der Waals surface area contributed by atoms with Crippen molar-refractivity contribution in [1.29, 1.82) is 0 Å². The number of anilines is 2. The number of para-hydroxylation sites is 3. The molecule has 0 saturated carbocycles. The molecule has 0 aliphatic rings. The zero-order valence-corrected chi connectivity index (χ0v) is 19.4. The number of carbonyl (C=O) groups excluding carboxylic acids is 2. The van der Waals surface area contributed by atoms with Crippen molar-refractivity contribution in [3.05, 3.63) is 103 Å². The molecular formula is C28H23N3O2S. The van der Waals surface area contributed by atoms with Gasteiger partial charge in [-0.05, 0) is 55.5 Å². The lowest BCUT2D eigenvalue weighted by molar-refractivity contribution is 0.0925. The second-order valence-corrected chi connectivity index (χ2v) is 9.35. The van der Waals surface area contributed by atoms with E-state index in [9.17, 15) is 9.59 Å². The van der Waals surface area contributed by atoms with Gasteiger partial charge < -0.3 is 10.6 Å². The quantitative estimate of drug-likeness (QED) is 0.269. The lowest BCUT2D eigenvalue weighted by Gasteiger charge is -2.14. The summed E-state index contributed by atoms with van der Waals surface area (Å²) in [6.07, 6.45) is 0. The molecule has 5 rings (SSSR count). The van der Waals surface area contributed by atoms with Crippen molar-refractivity contribution in [2.24, 2.45) is 0 Å². The molecule has 0 bridgehead atoms. The van der Waals surface area contributed by atoms with Gasteiger partial charge in [0.1, 0.15) is 0 Å². The first-order valence-electron chi connectivity index (χ1n) is 11.0. The Morgan fingerprint density at radius 2 is 1.18 bits per heavy atom. The number of aromatic nitrogens is 1. The van der Waals surface area contributed by atoms with E-state index in [-0.39, 0.29) is 17.2 Å². The summed E-state index contributed by atoms with van der Waals surface area (Å²) in [7, 11) is 0. The first kappa shape index (κ1) is 21.8. The minimum absolute atomic E-state index is 0.0341. The number of nitrogens with zero attached hydrogens (tertiary/aromatic N) is 1. The fourth-order valence-corrected chi connectivity index (χ4v) is 4.94. The molecule has 2 N–H and O–H groups in total. The zero-order valence-electron chi connectivity index (χ0n) is 18.6. The number of hydrogen-bond donors (Lipinski definition) is 2. The van der Waals surface area contributed by atoms with Crippen LogP contribution in [0, 0.1) is 0 Å². The van der Waals surface area contributed by atoms with Gasteiger partial charge >= 0.3 is 6.03 Å². The van der Waals surface area contributed by atoms with E-state index >= 15 is 0 Å². The van der Waals surface area contributed by atoms with Crippen LogP contribution in [0.15, 0.2) is 108 Å². The Kier molecular flexibility index (Phi) is 6.06. The van der Waals surface area contributed by atoms with Gasteiger partial charge in [-0.2, -0.15) is 0 Å². The number of benzene rings is 4. The van der Waals surface area contributed by atoms with E-state index in [0.717, 1.165) is 32.4 Å². The molecule has 5 aromatic rings. The Morgan fingerprint density at radius 3 is 1.76 bits per heavy atom. The number of thioether (sulfide) groups is 1. The average molecular weight is 466 g/mol. The summed E-state index contributed by atoms with van der Waals surface area (Å²) in [5.74, 6) is 0.0341. The van der Waals surface area contributed by atoms with Gasteiger partial charge in [-0.3, -0.25) is 9.36 Å². The summed E-state index contributed by atoms with van der Waals surface area (Å²) in [5, 5.41) is 7.48. The summed E-state index contributed by atoms with van der Waals surface area (Å²) in [6, 6.07) is 32.5. The molecule has 5 nitrogen and oxygen atoms in total. The largest absolute Gasteiger partial charge is 0.323 e. The number of rotatable bonds is 5. The van der Waals surface area contributed by atoms with Gasteiger partial charge in [0.05, 0.1) is 16.3 Å². The number of urea groups is 1. The zero-order chi connectivity index (χ0) is 23.5. The normalized spacial score (nSPS) is 11.9. The van der Waals surface area contributed by atoms with Crippen LogP contribution in [0.1, 0.15) is 11.7 Å². The van der Waals surface area contributed by atoms with E-state index in [2.05, 4.69) is 22.8 Å². The molecule has 1 unspecified atom stereocenters. The molecule has 0 spiro atoms. The molecule has 34 heavy (non-hydrogen) atoms. The topological polar surface area (TPSA) is 63.1 Å². The van der Waals surface area contributed by atoms with Gasteiger partial charge in [0.2, 0.25) is 5.91 Å². The first-order valence-corrected chi connectivity index (χ1v) is 11.9. The molecule has 1 atom stereocenters. The molecule has 6 heteroatoms. The number of fused-ring (bicyclic) bond motifs is 3. The van der Waals surface area contributed by atoms with E-state index in [1.54, 1.807) is 0 Å². The first-order chi connectivity index (χ1) is 16.6. The second-order valence-electron chi connectivity index (χ2n) is 7.94. The van der Waals surface area contributed by atoms with Crippen LogP contribution in [0.25, 0.3) is 21.8 Å². The van der Waals surface area contributed by atoms with Crippen LogP contribution in [0.4, 0.5) is 16.2 Å². The minimum atomic E-state index is -0.304. The SMILES string of the molecule is CC(Sc1ccc(NC(=O)Nc2ccccc2)cc1)C(=O)n1c2ccccc2c2ccccc21. The van der Waals surface area contributed by atoms with Crippen LogP contribution in [-0.2, 0) is 0 Å². The molecule has 0 aliphatic heterocycles. The molecule has 0 aliphatic carbocycles. The Balaban J connectivity index is 1.30. The number of nitrogens with one attached hydrogen (secondary N) is 2. The maximum absolute atomic E-state index is 13.5. The molecule has 2 amide bonds. The van der Waals surface area contributed by atoms with Crippen molar-refractivity contribution >= 4 is 56.9 Å². The van der Waals surface area contributed by atoms with Gasteiger partial charge in [-0.1, -0.05) is 54.6 Å². The molecular weight excluding hydrogens is 442 g/mol. The lowest BCUT2D eigenvalue weighted by atomic mass is 10.2. The third-order valence-corrected chi connectivity index (χ3v) is 6.70. The van der Waals surface area contributed by atoms with E-state index in [0.29, 0.717) is 5.69 Å². The maximum atomic E-state index is 13.5. The third-order valence-electron chi connectivity index (χ3n) is 5.60. The maximum Gasteiger partial charge on any atom is 0.323 e. The standard InChI is InChI=1S/C28H23N3O2S/c1-19(27(32)31-25-13-7-5-11-23(25)24-12-6-8-14-26(24)31)34-22-17-15-21(16-18-22)30-28(33)29-20-9-3-2-4-10-20/h2-19H,1H3,(H2,29,30,33). The molecule has 0 radical (unpaired) electrons. The lowest BCUT2D eigenvalue weighted by Crippen LogP contribution is -2.21. The monoisotopic (exact) mass is 465 g/mol. The summed E-state index contributed by atoms with van der Waals surface area (Å²) < 4.78 is 1.83. The highest BCUT2D eigenvalue weighted by Gasteiger charge is 2.21. The Labute approximate surface area is 201 Å². The van der Waals surface area contributed by atoms with E-state index in [4.69, 9.17) is 0 Å². The highest BCUT2D eigenvalue weighted by atomic mass is 32.2. The Hall–Kier alpha value is -4.03. The third kappa shape index (κ3) is 4.40. The van der Waals surface area contributed by atoms with Crippen LogP contribution in [0.3, 0.4) is 0 Å². The van der Waals surface area contributed by atoms with Crippen LogP contribution in [-0.4, -0.2) is 21.8 Å². The molecule has 4 aromatic carbocycles. The van der Waals surface area contributed by atoms with Gasteiger partial charge in [-0.15, -0.1) is 11.8 Å². The summed E-state index contributed by atoms with van der Waals surface area (Å²) in [4.78, 5) is 26.7. The highest BCUT2D eigenvalue weighted by molar-refractivity contribution is 8.00. The van der Waals surface area contributed by atoms with Crippen LogP contribution in [0.5, 0.6) is 0 Å². The predicted octanol–water partition coefficient (Wildman–Crippen LogP) is 7.26. The van der Waals surface area contributed by atoms with Crippen molar-refractivity contribution < 1.29 is 9.59 Å². The van der Waals surface area contributed by atoms with Crippen LogP contribution < -0.4 is 10.6 Å². The fourth-order valence-electron chi connectivity index (χ4n) is 4.03. The van der Waals surface area contributed by atoms with Crippen LogP contribution >= 0.6 is 11.8 Å². The fraction of sp³-hybridized carbons (Fsp3) is 0.0714. The second kappa shape index (κ2) is 9.45. The van der Waals surface area contributed by atoms with Crippen molar-refractivity contribution in [2.75, 3.05) is 10.6 Å². The molecule has 1 heterocycles. The van der Waals surface area contributed by atoms with Gasteiger partial charge in [0, 0.05) is 27.0 Å². The van der Waals surface area contributed by atoms with Crippen molar-refractivity contribution in [3.8, 4) is 0 Å². The van der Waals surface area contributed by atoms with E-state index in [1.165, 1.54) is 11.8 Å². The summed E-state index contributed by atoms with van der Waals surface area (Å²) in [5.41, 5.74) is 3.25. The number of hydrogen-bond acceptors (Lipinski definition) is 3. The number of amides is 2. The van der Waals surface area contributed by atoms with Crippen molar-refractivity contribution in [1.82, 2.24) is 4.57 Å². The summed E-state index contributed by atoms with van der Waals surface area (Å²) in [6.45, 7) is 1.93. The molecule has 0 saturated heterocycles. The predicted molar refractivity (Wildman–Crippen MR) is 141 cm³/mol. The molecule has 1 aromatic heterocycles. The van der Waals surface area contributed by atoms with Crippen molar-refractivity contribution in [2.45, 2.75) is 17.1 Å². The number of carbonyl (C=O) groups is 2. The Morgan fingerprint density at radius 1 is 0.676 bits per heavy atom. The van der Waals surface area contributed by atoms with Gasteiger partial charge in [-0.25, -0.2) is 4.79 Å². The van der Waals surface area contributed by atoms with Gasteiger partial charge in [0.15, 0.2) is 0 Å². The van der Waals surface area contributed by atoms with E-state index in [1.807, 2.05) is 102 Å². The highest BCUT2D eigenvalue weighted by Crippen LogP contribution is 2.32. The smallest absolute Gasteiger partial charge is 0.308 e.